The summed E-state index contributed by atoms with van der Waals surface area (Å²) in [5, 5.41) is 2.30. The van der Waals surface area contributed by atoms with E-state index in [1.807, 2.05) is 22.7 Å². The van der Waals surface area contributed by atoms with Crippen LogP contribution >= 0.6 is 22.7 Å². The second-order valence-corrected chi connectivity index (χ2v) is 15.0. The molecule has 2 heterocycles. The molecule has 0 saturated carbocycles. The number of hydrogen-bond acceptors (Lipinski definition) is 2. The van der Waals surface area contributed by atoms with E-state index in [1.54, 1.807) is 11.1 Å². The van der Waals surface area contributed by atoms with Crippen molar-refractivity contribution in [1.29, 1.82) is 0 Å². The minimum Gasteiger partial charge on any atom is -0.143 e. The lowest BCUT2D eigenvalue weighted by atomic mass is 9.72. The van der Waals surface area contributed by atoms with Gasteiger partial charge < -0.3 is 0 Å². The van der Waals surface area contributed by atoms with Crippen LogP contribution in [0.4, 0.5) is 0 Å². The molecule has 0 N–H and O–H groups in total. The molecule has 0 spiro atoms. The molecule has 0 radical (unpaired) electrons. The van der Waals surface area contributed by atoms with Gasteiger partial charge in [-0.1, -0.05) is 65.1 Å². The van der Waals surface area contributed by atoms with Gasteiger partial charge in [-0.05, 0) is 41.5 Å². The summed E-state index contributed by atoms with van der Waals surface area (Å²) in [5.74, 6) is 3.52. The first kappa shape index (κ1) is 19.0. The fourth-order valence-corrected chi connectivity index (χ4v) is 6.74. The van der Waals surface area contributed by atoms with Crippen LogP contribution in [0.3, 0.4) is 0 Å². The van der Waals surface area contributed by atoms with Crippen LogP contribution in [0.25, 0.3) is 9.75 Å². The van der Waals surface area contributed by atoms with Crippen molar-refractivity contribution >= 4 is 30.7 Å². The predicted molar refractivity (Wildman–Crippen MR) is 118 cm³/mol. The zero-order valence-corrected chi connectivity index (χ0v) is 18.9. The fourth-order valence-electron chi connectivity index (χ4n) is 3.85. The Kier molecular flexibility index (Phi) is 5.63. The molecule has 0 unspecified atom stereocenters. The van der Waals surface area contributed by atoms with E-state index in [4.69, 9.17) is 0 Å². The Labute approximate surface area is 162 Å². The highest BCUT2D eigenvalue weighted by Gasteiger charge is 2.44. The number of hydrogen-bond donors (Lipinski definition) is 0. The smallest absolute Gasteiger partial charge is 0.129 e. The molecule has 0 fully saturated rings. The molecule has 25 heavy (non-hydrogen) atoms. The molecular weight excluding hydrogens is 356 g/mol. The van der Waals surface area contributed by atoms with Crippen molar-refractivity contribution in [3.8, 4) is 21.2 Å². The van der Waals surface area contributed by atoms with Crippen molar-refractivity contribution in [3.05, 3.63) is 33.5 Å². The maximum Gasteiger partial charge on any atom is 0.129 e. The van der Waals surface area contributed by atoms with Crippen LogP contribution in [-0.2, 0) is 5.41 Å². The average molecular weight is 387 g/mol. The molecule has 3 rings (SSSR count). The molecule has 0 aliphatic heterocycles. The van der Waals surface area contributed by atoms with Crippen LogP contribution in [0.2, 0.25) is 19.6 Å². The molecule has 3 heteroatoms. The van der Waals surface area contributed by atoms with Crippen molar-refractivity contribution in [2.45, 2.75) is 77.4 Å². The van der Waals surface area contributed by atoms with Crippen LogP contribution in [0.1, 0.15) is 68.4 Å². The Morgan fingerprint density at radius 2 is 1.68 bits per heavy atom. The van der Waals surface area contributed by atoms with Gasteiger partial charge in [0.05, 0.1) is 4.88 Å². The van der Waals surface area contributed by atoms with Crippen molar-refractivity contribution in [1.82, 2.24) is 0 Å². The minimum absolute atomic E-state index is 0.256. The molecule has 134 valence electrons. The van der Waals surface area contributed by atoms with E-state index >= 15 is 0 Å². The van der Waals surface area contributed by atoms with E-state index in [-0.39, 0.29) is 5.41 Å². The highest BCUT2D eigenvalue weighted by molar-refractivity contribution is 7.22. The largest absolute Gasteiger partial charge is 0.143 e. The van der Waals surface area contributed by atoms with Gasteiger partial charge in [-0.25, -0.2) is 0 Å². The molecule has 2 aromatic heterocycles. The van der Waals surface area contributed by atoms with Crippen molar-refractivity contribution in [2.75, 3.05) is 0 Å². The summed E-state index contributed by atoms with van der Waals surface area (Å²) in [6.07, 6.45) is 7.74. The number of unbranched alkanes of at least 4 members (excludes halogenated alkanes) is 2. The molecular formula is C22H30S2Si. The molecule has 0 atom stereocenters. The molecule has 1 aliphatic rings. The Hall–Kier alpha value is -0.823. The molecule has 0 saturated heterocycles. The second kappa shape index (κ2) is 7.43. The van der Waals surface area contributed by atoms with Gasteiger partial charge in [-0.2, -0.15) is 0 Å². The van der Waals surface area contributed by atoms with Crippen molar-refractivity contribution < 1.29 is 0 Å². The van der Waals surface area contributed by atoms with E-state index in [1.165, 1.54) is 53.2 Å². The highest BCUT2D eigenvalue weighted by atomic mass is 32.1. The van der Waals surface area contributed by atoms with Crippen LogP contribution in [0.15, 0.2) is 17.5 Å². The zero-order valence-electron chi connectivity index (χ0n) is 16.3. The van der Waals surface area contributed by atoms with E-state index in [0.29, 0.717) is 0 Å². The highest BCUT2D eigenvalue weighted by Crippen LogP contribution is 2.58. The van der Waals surface area contributed by atoms with Crippen LogP contribution in [0, 0.1) is 11.5 Å². The predicted octanol–water partition coefficient (Wildman–Crippen LogP) is 7.69. The Morgan fingerprint density at radius 3 is 2.28 bits per heavy atom. The van der Waals surface area contributed by atoms with E-state index in [9.17, 15) is 0 Å². The molecule has 0 aromatic carbocycles. The summed E-state index contributed by atoms with van der Waals surface area (Å²) >= 11 is 3.87. The first-order valence-corrected chi connectivity index (χ1v) is 14.9. The standard InChI is InChI=1S/C22H30S2Si/c1-6-8-12-22(13-9-7-2)18-10-14-23-20(18)21-19(22)16-17(24-21)11-15-25(3,4)5/h10,14,16H,6-9,12-13H2,1-5H3. The number of fused-ring (bicyclic) bond motifs is 3. The normalized spacial score (nSPS) is 14.8. The molecule has 0 bridgehead atoms. The lowest BCUT2D eigenvalue weighted by molar-refractivity contribution is 0.415. The SMILES string of the molecule is CCCCC1(CCCC)c2ccsc2-c2sc(C#C[Si](C)(C)C)cc21. The van der Waals surface area contributed by atoms with E-state index < -0.39 is 8.07 Å². The molecule has 2 aromatic rings. The third kappa shape index (κ3) is 3.68. The fraction of sp³-hybridized carbons (Fsp3) is 0.545. The van der Waals surface area contributed by atoms with Gasteiger partial charge >= 0.3 is 0 Å². The van der Waals surface area contributed by atoms with Crippen LogP contribution in [-0.4, -0.2) is 8.07 Å². The van der Waals surface area contributed by atoms with Gasteiger partial charge in [-0.15, -0.1) is 28.2 Å². The quantitative estimate of drug-likeness (QED) is 0.352. The monoisotopic (exact) mass is 386 g/mol. The van der Waals surface area contributed by atoms with Gasteiger partial charge in [0.2, 0.25) is 0 Å². The summed E-state index contributed by atoms with van der Waals surface area (Å²) in [6, 6.07) is 4.86. The van der Waals surface area contributed by atoms with Crippen LogP contribution in [0.5, 0.6) is 0 Å². The first-order valence-electron chi connectivity index (χ1n) is 9.67. The van der Waals surface area contributed by atoms with E-state index in [0.717, 1.165) is 0 Å². The van der Waals surface area contributed by atoms with Crippen molar-refractivity contribution in [2.24, 2.45) is 0 Å². The van der Waals surface area contributed by atoms with E-state index in [2.05, 4.69) is 62.5 Å². The Bertz CT molecular complexity index is 784. The lowest BCUT2D eigenvalue weighted by Crippen LogP contribution is -2.24. The maximum atomic E-state index is 3.56. The van der Waals surface area contributed by atoms with Gasteiger partial charge in [0, 0.05) is 15.2 Å². The summed E-state index contributed by atoms with van der Waals surface area (Å²) in [4.78, 5) is 4.34. The third-order valence-electron chi connectivity index (χ3n) is 5.11. The number of thiophene rings is 2. The topological polar surface area (TPSA) is 0 Å². The van der Waals surface area contributed by atoms with Crippen molar-refractivity contribution in [3.63, 3.8) is 0 Å². The summed E-state index contributed by atoms with van der Waals surface area (Å²) in [5.41, 5.74) is 7.03. The third-order valence-corrected chi connectivity index (χ3v) is 8.11. The first-order chi connectivity index (χ1) is 11.9. The van der Waals surface area contributed by atoms with Gasteiger partial charge in [0.25, 0.3) is 0 Å². The maximum absolute atomic E-state index is 3.56. The Balaban J connectivity index is 2.08. The van der Waals surface area contributed by atoms with Gasteiger partial charge in [0.15, 0.2) is 0 Å². The summed E-state index contributed by atoms with van der Waals surface area (Å²) in [7, 11) is -1.33. The summed E-state index contributed by atoms with van der Waals surface area (Å²) < 4.78 is 0. The number of rotatable bonds is 6. The second-order valence-electron chi connectivity index (χ2n) is 8.31. The van der Waals surface area contributed by atoms with Crippen LogP contribution < -0.4 is 0 Å². The molecule has 0 nitrogen and oxygen atoms in total. The average Bonchev–Trinajstić information content (AvgIpc) is 3.23. The molecule has 1 aliphatic carbocycles. The summed E-state index contributed by atoms with van der Waals surface area (Å²) in [6.45, 7) is 11.6. The van der Waals surface area contributed by atoms with Gasteiger partial charge in [-0.3, -0.25) is 0 Å². The minimum atomic E-state index is -1.33. The molecule has 0 amide bonds. The zero-order chi connectivity index (χ0) is 18.1. The van der Waals surface area contributed by atoms with Gasteiger partial charge in [0.1, 0.15) is 8.07 Å². The Morgan fingerprint density at radius 1 is 1.00 bits per heavy atom. The lowest BCUT2D eigenvalue weighted by Gasteiger charge is -2.31.